The van der Waals surface area contributed by atoms with Crippen LogP contribution in [0.5, 0.6) is 0 Å². The van der Waals surface area contributed by atoms with E-state index in [1.165, 1.54) is 12.1 Å². The van der Waals surface area contributed by atoms with Crippen LogP contribution in [0.25, 0.3) is 0 Å². The molecule has 0 spiro atoms. The third-order valence-corrected chi connectivity index (χ3v) is 2.46. The number of ether oxygens (including phenoxy) is 1. The number of benzene rings is 1. The number of hydrogen-bond donors (Lipinski definition) is 1. The number of rotatable bonds is 5. The summed E-state index contributed by atoms with van der Waals surface area (Å²) < 4.78 is 43.1. The molecule has 1 aromatic carbocycles. The average molecular weight is 327 g/mol. The smallest absolute Gasteiger partial charge is 0.416 e. The van der Waals surface area contributed by atoms with Crippen molar-refractivity contribution < 1.29 is 27.8 Å². The molecule has 1 unspecified atom stereocenters. The first-order valence-corrected chi connectivity index (χ1v) is 6.06. The van der Waals surface area contributed by atoms with Gasteiger partial charge in [-0.05, 0) is 6.07 Å². The second kappa shape index (κ2) is 6.19. The summed E-state index contributed by atoms with van der Waals surface area (Å²) in [6.07, 6.45) is -6.23. The van der Waals surface area contributed by atoms with Crippen LogP contribution in [0.4, 0.5) is 13.2 Å². The summed E-state index contributed by atoms with van der Waals surface area (Å²) >= 11 is 3.02. The second-order valence-electron chi connectivity index (χ2n) is 3.36. The second-order valence-corrected chi connectivity index (χ2v) is 4.16. The SMILES string of the molecule is O=C(O)C(OCCBr)c1ccccc1C(F)(F)F. The molecule has 0 aliphatic rings. The highest BCUT2D eigenvalue weighted by atomic mass is 79.9. The Morgan fingerprint density at radius 2 is 2.00 bits per heavy atom. The van der Waals surface area contributed by atoms with Crippen molar-refractivity contribution in [3.8, 4) is 0 Å². The highest BCUT2D eigenvalue weighted by molar-refractivity contribution is 9.09. The molecule has 1 aromatic rings. The molecule has 0 bridgehead atoms. The van der Waals surface area contributed by atoms with E-state index in [0.29, 0.717) is 5.33 Å². The normalized spacial score (nSPS) is 13.3. The molecule has 0 aliphatic carbocycles. The first-order valence-electron chi connectivity index (χ1n) is 4.94. The first-order chi connectivity index (χ1) is 8.38. The number of carbonyl (C=O) groups is 1. The Morgan fingerprint density at radius 3 is 2.50 bits per heavy atom. The molecule has 18 heavy (non-hydrogen) atoms. The van der Waals surface area contributed by atoms with Crippen LogP contribution in [0.3, 0.4) is 0 Å². The van der Waals surface area contributed by atoms with Gasteiger partial charge in [0.1, 0.15) is 0 Å². The highest BCUT2D eigenvalue weighted by Gasteiger charge is 2.37. The predicted octanol–water partition coefficient (Wildman–Crippen LogP) is 3.24. The van der Waals surface area contributed by atoms with Crippen molar-refractivity contribution in [2.24, 2.45) is 0 Å². The van der Waals surface area contributed by atoms with Gasteiger partial charge in [-0.15, -0.1) is 0 Å². The van der Waals surface area contributed by atoms with Crippen molar-refractivity contribution in [3.05, 3.63) is 35.4 Å². The largest absolute Gasteiger partial charge is 0.479 e. The van der Waals surface area contributed by atoms with E-state index in [0.717, 1.165) is 12.1 Å². The van der Waals surface area contributed by atoms with Gasteiger partial charge in [-0.2, -0.15) is 13.2 Å². The Labute approximate surface area is 110 Å². The van der Waals surface area contributed by atoms with Crippen LogP contribution in [0, 0.1) is 0 Å². The van der Waals surface area contributed by atoms with Gasteiger partial charge < -0.3 is 9.84 Å². The summed E-state index contributed by atoms with van der Waals surface area (Å²) in [5.41, 5.74) is -1.38. The Hall–Kier alpha value is -1.08. The van der Waals surface area contributed by atoms with E-state index in [-0.39, 0.29) is 6.61 Å². The summed E-state index contributed by atoms with van der Waals surface area (Å²) in [6.45, 7) is 0.00313. The van der Waals surface area contributed by atoms with E-state index in [1.54, 1.807) is 0 Å². The van der Waals surface area contributed by atoms with Gasteiger partial charge in [0.25, 0.3) is 0 Å². The maximum absolute atomic E-state index is 12.7. The molecule has 1 N–H and O–H groups in total. The number of carboxylic acid groups (broad SMARTS) is 1. The maximum atomic E-state index is 12.7. The van der Waals surface area contributed by atoms with Gasteiger partial charge in [-0.3, -0.25) is 0 Å². The number of alkyl halides is 4. The summed E-state index contributed by atoms with van der Waals surface area (Å²) in [7, 11) is 0. The molecule has 0 aromatic heterocycles. The van der Waals surface area contributed by atoms with Crippen LogP contribution < -0.4 is 0 Å². The molecule has 0 heterocycles. The summed E-state index contributed by atoms with van der Waals surface area (Å²) in [6, 6.07) is 4.49. The number of carboxylic acids is 1. The maximum Gasteiger partial charge on any atom is 0.416 e. The molecule has 0 saturated carbocycles. The fraction of sp³-hybridized carbons (Fsp3) is 0.364. The summed E-state index contributed by atoms with van der Waals surface area (Å²) in [5.74, 6) is -1.45. The fourth-order valence-electron chi connectivity index (χ4n) is 1.44. The zero-order chi connectivity index (χ0) is 13.8. The van der Waals surface area contributed by atoms with Crippen LogP contribution in [0.15, 0.2) is 24.3 Å². The molecule has 0 radical (unpaired) electrons. The number of aliphatic carboxylic acids is 1. The lowest BCUT2D eigenvalue weighted by molar-refractivity contribution is -0.152. The third-order valence-electron chi connectivity index (χ3n) is 2.13. The van der Waals surface area contributed by atoms with Crippen molar-refractivity contribution in [2.45, 2.75) is 12.3 Å². The van der Waals surface area contributed by atoms with Crippen LogP contribution in [0.2, 0.25) is 0 Å². The monoisotopic (exact) mass is 326 g/mol. The van der Waals surface area contributed by atoms with Crippen LogP contribution in [-0.2, 0) is 15.7 Å². The Bertz CT molecular complexity index is 420. The van der Waals surface area contributed by atoms with Crippen molar-refractivity contribution in [2.75, 3.05) is 11.9 Å². The van der Waals surface area contributed by atoms with Gasteiger partial charge in [0.05, 0.1) is 12.2 Å². The minimum Gasteiger partial charge on any atom is -0.479 e. The lowest BCUT2D eigenvalue weighted by atomic mass is 10.0. The van der Waals surface area contributed by atoms with Gasteiger partial charge in [-0.25, -0.2) is 4.79 Å². The first kappa shape index (κ1) is 15.0. The van der Waals surface area contributed by atoms with Gasteiger partial charge in [0, 0.05) is 10.9 Å². The van der Waals surface area contributed by atoms with E-state index in [2.05, 4.69) is 15.9 Å². The van der Waals surface area contributed by atoms with Gasteiger partial charge in [0.2, 0.25) is 0 Å². The Balaban J connectivity index is 3.16. The quantitative estimate of drug-likeness (QED) is 0.845. The van der Waals surface area contributed by atoms with Crippen LogP contribution in [0.1, 0.15) is 17.2 Å². The topological polar surface area (TPSA) is 46.5 Å². The Kier molecular flexibility index (Phi) is 5.15. The van der Waals surface area contributed by atoms with Crippen molar-refractivity contribution >= 4 is 21.9 Å². The molecule has 3 nitrogen and oxygen atoms in total. The lowest BCUT2D eigenvalue weighted by Gasteiger charge is -2.18. The van der Waals surface area contributed by atoms with Gasteiger partial charge in [0.15, 0.2) is 6.10 Å². The Morgan fingerprint density at radius 1 is 1.39 bits per heavy atom. The predicted molar refractivity (Wildman–Crippen MR) is 61.6 cm³/mol. The number of hydrogen-bond acceptors (Lipinski definition) is 2. The summed E-state index contributed by atoms with van der Waals surface area (Å²) in [5, 5.41) is 9.27. The molecule has 7 heteroatoms. The molecule has 100 valence electrons. The van der Waals surface area contributed by atoms with E-state index in [9.17, 15) is 18.0 Å². The zero-order valence-electron chi connectivity index (χ0n) is 9.08. The molecule has 1 rings (SSSR count). The van der Waals surface area contributed by atoms with Gasteiger partial charge >= 0.3 is 12.1 Å². The zero-order valence-corrected chi connectivity index (χ0v) is 10.7. The molecule has 0 fully saturated rings. The molecule has 0 saturated heterocycles. The van der Waals surface area contributed by atoms with E-state index in [1.807, 2.05) is 0 Å². The number of halogens is 4. The molecule has 0 amide bonds. The minimum atomic E-state index is -4.61. The minimum absolute atomic E-state index is 0.00313. The van der Waals surface area contributed by atoms with Crippen LogP contribution >= 0.6 is 15.9 Å². The van der Waals surface area contributed by atoms with E-state index < -0.39 is 29.4 Å². The van der Waals surface area contributed by atoms with Gasteiger partial charge in [-0.1, -0.05) is 34.1 Å². The highest BCUT2D eigenvalue weighted by Crippen LogP contribution is 2.35. The van der Waals surface area contributed by atoms with Crippen molar-refractivity contribution in [1.29, 1.82) is 0 Å². The third kappa shape index (κ3) is 3.71. The van der Waals surface area contributed by atoms with Crippen molar-refractivity contribution in [1.82, 2.24) is 0 Å². The summed E-state index contributed by atoms with van der Waals surface area (Å²) in [4.78, 5) is 11.0. The van der Waals surface area contributed by atoms with Crippen LogP contribution in [-0.4, -0.2) is 23.0 Å². The lowest BCUT2D eigenvalue weighted by Crippen LogP contribution is -2.21. The average Bonchev–Trinajstić information content (AvgIpc) is 2.28. The molecular formula is C11H10BrF3O3. The molecule has 1 atom stereocenters. The molecule has 0 aliphatic heterocycles. The van der Waals surface area contributed by atoms with E-state index in [4.69, 9.17) is 9.84 Å². The van der Waals surface area contributed by atoms with Crippen molar-refractivity contribution in [3.63, 3.8) is 0 Å². The molecular weight excluding hydrogens is 317 g/mol. The fourth-order valence-corrected chi connectivity index (χ4v) is 1.63. The standard InChI is InChI=1S/C11H10BrF3O3/c12-5-6-18-9(10(16)17)7-3-1-2-4-8(7)11(13,14)15/h1-4,9H,5-6H2,(H,16,17). The van der Waals surface area contributed by atoms with E-state index >= 15 is 0 Å².